The number of fused-ring (bicyclic) bond motifs is 1. The lowest BCUT2D eigenvalue weighted by Crippen LogP contribution is -2.36. The van der Waals surface area contributed by atoms with Gasteiger partial charge in [0.15, 0.2) is 0 Å². The molecule has 0 saturated carbocycles. The van der Waals surface area contributed by atoms with Gasteiger partial charge in [0.1, 0.15) is 11.6 Å². The molecule has 0 N–H and O–H groups in total. The van der Waals surface area contributed by atoms with E-state index in [0.717, 1.165) is 43.0 Å². The summed E-state index contributed by atoms with van der Waals surface area (Å²) in [5.74, 6) is 0.660. The standard InChI is InChI=1S/C13H12BrFN2O/c14-13-9-1-4-12(17-5-7-18-8-6-17)16-11(9)3-2-10(13)15/h1-4H,5-8H2. The predicted octanol–water partition coefficient (Wildman–Crippen LogP) is 2.97. The van der Waals surface area contributed by atoms with Crippen LogP contribution in [0.25, 0.3) is 10.9 Å². The maximum absolute atomic E-state index is 13.4. The van der Waals surface area contributed by atoms with Crippen LogP contribution in [0.5, 0.6) is 0 Å². The molecule has 1 fully saturated rings. The molecule has 1 aliphatic rings. The summed E-state index contributed by atoms with van der Waals surface area (Å²) in [4.78, 5) is 6.76. The van der Waals surface area contributed by atoms with Crippen LogP contribution in [0.3, 0.4) is 0 Å². The summed E-state index contributed by atoms with van der Waals surface area (Å²) in [5.41, 5.74) is 0.798. The molecule has 0 atom stereocenters. The number of hydrogen-bond donors (Lipinski definition) is 0. The van der Waals surface area contributed by atoms with E-state index in [0.29, 0.717) is 4.47 Å². The minimum atomic E-state index is -0.261. The average molecular weight is 311 g/mol. The highest BCUT2D eigenvalue weighted by molar-refractivity contribution is 9.10. The fourth-order valence-electron chi connectivity index (χ4n) is 2.10. The predicted molar refractivity (Wildman–Crippen MR) is 72.4 cm³/mol. The molecule has 5 heteroatoms. The molecule has 2 heterocycles. The van der Waals surface area contributed by atoms with Crippen molar-refractivity contribution in [2.75, 3.05) is 31.2 Å². The summed E-state index contributed by atoms with van der Waals surface area (Å²) in [7, 11) is 0. The Kier molecular flexibility index (Phi) is 3.18. The molecule has 2 aromatic rings. The van der Waals surface area contributed by atoms with Crippen molar-refractivity contribution in [3.8, 4) is 0 Å². The lowest BCUT2D eigenvalue weighted by atomic mass is 10.2. The van der Waals surface area contributed by atoms with Crippen LogP contribution < -0.4 is 4.90 Å². The normalized spacial score (nSPS) is 16.2. The van der Waals surface area contributed by atoms with E-state index in [1.165, 1.54) is 6.07 Å². The summed E-state index contributed by atoms with van der Waals surface area (Å²) < 4.78 is 19.2. The number of anilines is 1. The zero-order chi connectivity index (χ0) is 12.5. The molecule has 1 saturated heterocycles. The molecule has 0 radical (unpaired) electrons. The largest absolute Gasteiger partial charge is 0.378 e. The number of ether oxygens (including phenoxy) is 1. The van der Waals surface area contributed by atoms with Crippen LogP contribution in [-0.4, -0.2) is 31.3 Å². The first-order chi connectivity index (χ1) is 8.75. The second-order valence-corrected chi connectivity index (χ2v) is 4.99. The zero-order valence-corrected chi connectivity index (χ0v) is 11.3. The minimum absolute atomic E-state index is 0.261. The number of hydrogen-bond acceptors (Lipinski definition) is 3. The van der Waals surface area contributed by atoms with Gasteiger partial charge < -0.3 is 9.64 Å². The Labute approximate surface area is 113 Å². The monoisotopic (exact) mass is 310 g/mol. The molecular weight excluding hydrogens is 299 g/mol. The number of nitrogens with zero attached hydrogens (tertiary/aromatic N) is 2. The third-order valence-corrected chi connectivity index (χ3v) is 3.88. The van der Waals surface area contributed by atoms with Gasteiger partial charge in [-0.3, -0.25) is 0 Å². The molecular formula is C13H12BrFN2O. The van der Waals surface area contributed by atoms with Gasteiger partial charge in [-0.25, -0.2) is 9.37 Å². The van der Waals surface area contributed by atoms with E-state index in [1.54, 1.807) is 6.07 Å². The maximum atomic E-state index is 13.4. The third kappa shape index (κ3) is 2.08. The highest BCUT2D eigenvalue weighted by Crippen LogP contribution is 2.27. The van der Waals surface area contributed by atoms with E-state index in [9.17, 15) is 4.39 Å². The summed E-state index contributed by atoms with van der Waals surface area (Å²) in [6, 6.07) is 6.97. The van der Waals surface area contributed by atoms with Crippen molar-refractivity contribution in [2.45, 2.75) is 0 Å². The molecule has 18 heavy (non-hydrogen) atoms. The fraction of sp³-hybridized carbons (Fsp3) is 0.308. The topological polar surface area (TPSA) is 25.4 Å². The van der Waals surface area contributed by atoms with Gasteiger partial charge in [0.25, 0.3) is 0 Å². The van der Waals surface area contributed by atoms with Gasteiger partial charge in [0, 0.05) is 18.5 Å². The van der Waals surface area contributed by atoms with Gasteiger partial charge >= 0.3 is 0 Å². The Hall–Kier alpha value is -1.20. The van der Waals surface area contributed by atoms with Crippen LogP contribution in [0, 0.1) is 5.82 Å². The van der Waals surface area contributed by atoms with Crippen molar-refractivity contribution in [3.63, 3.8) is 0 Å². The first-order valence-electron chi connectivity index (χ1n) is 5.83. The number of pyridine rings is 1. The van der Waals surface area contributed by atoms with Crippen molar-refractivity contribution in [3.05, 3.63) is 34.6 Å². The summed E-state index contributed by atoms with van der Waals surface area (Å²) in [5, 5.41) is 0.798. The van der Waals surface area contributed by atoms with Crippen LogP contribution >= 0.6 is 15.9 Å². The second-order valence-electron chi connectivity index (χ2n) is 4.20. The Balaban J connectivity index is 2.03. The molecule has 3 rings (SSSR count). The first-order valence-corrected chi connectivity index (χ1v) is 6.62. The number of aromatic nitrogens is 1. The van der Waals surface area contributed by atoms with Gasteiger partial charge in [0.2, 0.25) is 0 Å². The van der Waals surface area contributed by atoms with Gasteiger partial charge in [-0.05, 0) is 40.2 Å². The highest BCUT2D eigenvalue weighted by atomic mass is 79.9. The van der Waals surface area contributed by atoms with Gasteiger partial charge in [-0.1, -0.05) is 0 Å². The average Bonchev–Trinajstić information content (AvgIpc) is 2.44. The molecule has 1 aliphatic heterocycles. The molecule has 0 bridgehead atoms. The number of halogens is 2. The van der Waals surface area contributed by atoms with E-state index < -0.39 is 0 Å². The van der Waals surface area contributed by atoms with Gasteiger partial charge in [-0.15, -0.1) is 0 Å². The summed E-state index contributed by atoms with van der Waals surface area (Å²) in [6.07, 6.45) is 0. The van der Waals surface area contributed by atoms with Crippen molar-refractivity contribution < 1.29 is 9.13 Å². The Morgan fingerprint density at radius 2 is 1.94 bits per heavy atom. The Morgan fingerprint density at radius 3 is 2.72 bits per heavy atom. The molecule has 3 nitrogen and oxygen atoms in total. The number of rotatable bonds is 1. The SMILES string of the molecule is Fc1ccc2nc(N3CCOCC3)ccc2c1Br. The molecule has 1 aromatic heterocycles. The molecule has 0 unspecified atom stereocenters. The molecule has 0 amide bonds. The van der Waals surface area contributed by atoms with Crippen molar-refractivity contribution >= 4 is 32.7 Å². The van der Waals surface area contributed by atoms with E-state index in [4.69, 9.17) is 4.74 Å². The molecule has 94 valence electrons. The highest BCUT2D eigenvalue weighted by Gasteiger charge is 2.13. The lowest BCUT2D eigenvalue weighted by molar-refractivity contribution is 0.122. The van der Waals surface area contributed by atoms with Gasteiger partial charge in [-0.2, -0.15) is 0 Å². The van der Waals surface area contributed by atoms with Crippen LogP contribution in [-0.2, 0) is 4.74 Å². The van der Waals surface area contributed by atoms with E-state index >= 15 is 0 Å². The smallest absolute Gasteiger partial charge is 0.138 e. The Morgan fingerprint density at radius 1 is 1.17 bits per heavy atom. The van der Waals surface area contributed by atoms with E-state index in [1.807, 2.05) is 12.1 Å². The van der Waals surface area contributed by atoms with Crippen LogP contribution in [0.2, 0.25) is 0 Å². The molecule has 1 aromatic carbocycles. The van der Waals surface area contributed by atoms with E-state index in [-0.39, 0.29) is 5.82 Å². The Bertz CT molecular complexity index is 584. The summed E-state index contributed by atoms with van der Waals surface area (Å²) in [6.45, 7) is 3.15. The van der Waals surface area contributed by atoms with Crippen LogP contribution in [0.4, 0.5) is 10.2 Å². The van der Waals surface area contributed by atoms with Gasteiger partial charge in [0.05, 0.1) is 23.2 Å². The fourth-order valence-corrected chi connectivity index (χ4v) is 2.57. The third-order valence-electron chi connectivity index (χ3n) is 3.08. The van der Waals surface area contributed by atoms with Crippen molar-refractivity contribution in [1.82, 2.24) is 4.98 Å². The molecule has 0 aliphatic carbocycles. The quantitative estimate of drug-likeness (QED) is 0.809. The van der Waals surface area contributed by atoms with Crippen LogP contribution in [0.1, 0.15) is 0 Å². The lowest BCUT2D eigenvalue weighted by Gasteiger charge is -2.27. The number of morpholine rings is 1. The van der Waals surface area contributed by atoms with E-state index in [2.05, 4.69) is 25.8 Å². The number of benzene rings is 1. The molecule has 0 spiro atoms. The van der Waals surface area contributed by atoms with Crippen molar-refractivity contribution in [2.24, 2.45) is 0 Å². The maximum Gasteiger partial charge on any atom is 0.138 e. The van der Waals surface area contributed by atoms with Crippen LogP contribution in [0.15, 0.2) is 28.7 Å². The summed E-state index contributed by atoms with van der Waals surface area (Å²) >= 11 is 3.25. The minimum Gasteiger partial charge on any atom is -0.378 e. The first kappa shape index (κ1) is 11.9. The van der Waals surface area contributed by atoms with Crippen molar-refractivity contribution in [1.29, 1.82) is 0 Å². The zero-order valence-electron chi connectivity index (χ0n) is 9.70. The second kappa shape index (κ2) is 4.82.